The highest BCUT2D eigenvalue weighted by molar-refractivity contribution is 6.30. The monoisotopic (exact) mass is 396 g/mol. The molecule has 1 atom stereocenters. The summed E-state index contributed by atoms with van der Waals surface area (Å²) in [6, 6.07) is 3.58. The van der Waals surface area contributed by atoms with E-state index in [0.717, 1.165) is 6.07 Å². The normalized spacial score (nSPS) is 17.1. The van der Waals surface area contributed by atoms with Crippen LogP contribution in [0, 0.1) is 5.82 Å². The summed E-state index contributed by atoms with van der Waals surface area (Å²) < 4.78 is 51.6. The largest absolute Gasteiger partial charge is 0.389 e. The lowest BCUT2D eigenvalue weighted by atomic mass is 9.98. The van der Waals surface area contributed by atoms with Crippen molar-refractivity contribution in [2.45, 2.75) is 25.1 Å². The first-order chi connectivity index (χ1) is 9.87. The number of alkyl halides is 3. The summed E-state index contributed by atoms with van der Waals surface area (Å²) in [5, 5.41) is 3.38. The third-order valence-corrected chi connectivity index (χ3v) is 3.85. The maximum Gasteiger partial charge on any atom is 0.389 e. The van der Waals surface area contributed by atoms with Gasteiger partial charge in [0.05, 0.1) is 0 Å². The Balaban J connectivity index is 0.00000242. The van der Waals surface area contributed by atoms with Gasteiger partial charge >= 0.3 is 6.18 Å². The van der Waals surface area contributed by atoms with E-state index in [1.165, 1.54) is 12.1 Å². The number of piperazine rings is 1. The fourth-order valence-corrected chi connectivity index (χ4v) is 2.76. The maximum absolute atomic E-state index is 14.1. The molecule has 0 unspecified atom stereocenters. The van der Waals surface area contributed by atoms with Crippen molar-refractivity contribution < 1.29 is 17.6 Å². The van der Waals surface area contributed by atoms with Crippen LogP contribution in [0.2, 0.25) is 5.02 Å². The summed E-state index contributed by atoms with van der Waals surface area (Å²) in [4.78, 5) is 1.90. The smallest absolute Gasteiger partial charge is 0.314 e. The summed E-state index contributed by atoms with van der Waals surface area (Å²) in [5.41, 5.74) is 0.283. The van der Waals surface area contributed by atoms with Gasteiger partial charge in [-0.05, 0) is 18.6 Å². The SMILES string of the molecule is Cl.Cl.Fc1cc(Cl)ccc1[C@H](CCC(F)(F)F)N1CCNCC1. The predicted molar refractivity (Wildman–Crippen MR) is 88.4 cm³/mol. The van der Waals surface area contributed by atoms with Gasteiger partial charge in [0.1, 0.15) is 5.82 Å². The van der Waals surface area contributed by atoms with E-state index in [4.69, 9.17) is 11.6 Å². The van der Waals surface area contributed by atoms with E-state index in [0.29, 0.717) is 26.2 Å². The average molecular weight is 398 g/mol. The van der Waals surface area contributed by atoms with Gasteiger partial charge in [0, 0.05) is 49.2 Å². The maximum atomic E-state index is 14.1. The van der Waals surface area contributed by atoms with Crippen molar-refractivity contribution in [1.29, 1.82) is 0 Å². The molecule has 0 saturated carbocycles. The molecule has 1 heterocycles. The van der Waals surface area contributed by atoms with Crippen LogP contribution in [0.4, 0.5) is 17.6 Å². The number of hydrogen-bond acceptors (Lipinski definition) is 2. The molecule has 0 bridgehead atoms. The van der Waals surface area contributed by atoms with Gasteiger partial charge in [-0.15, -0.1) is 24.8 Å². The molecule has 0 radical (unpaired) electrons. The minimum Gasteiger partial charge on any atom is -0.314 e. The highest BCUT2D eigenvalue weighted by Crippen LogP contribution is 2.33. The fourth-order valence-electron chi connectivity index (χ4n) is 2.60. The van der Waals surface area contributed by atoms with Crippen LogP contribution in [-0.2, 0) is 0 Å². The summed E-state index contributed by atoms with van der Waals surface area (Å²) in [5.74, 6) is -0.548. The van der Waals surface area contributed by atoms with Crippen LogP contribution in [0.25, 0.3) is 0 Å². The molecule has 0 amide bonds. The number of benzene rings is 1. The summed E-state index contributed by atoms with van der Waals surface area (Å²) in [6.07, 6.45) is -5.32. The van der Waals surface area contributed by atoms with Crippen molar-refractivity contribution in [2.75, 3.05) is 26.2 Å². The summed E-state index contributed by atoms with van der Waals surface area (Å²) in [7, 11) is 0. The van der Waals surface area contributed by atoms with Crippen molar-refractivity contribution in [3.63, 3.8) is 0 Å². The first-order valence-corrected chi connectivity index (χ1v) is 7.21. The molecule has 0 spiro atoms. The molecule has 1 aliphatic heterocycles. The molecule has 1 saturated heterocycles. The van der Waals surface area contributed by atoms with Crippen molar-refractivity contribution in [3.8, 4) is 0 Å². The second-order valence-electron chi connectivity index (χ2n) is 5.12. The van der Waals surface area contributed by atoms with E-state index < -0.39 is 24.5 Å². The van der Waals surface area contributed by atoms with Crippen LogP contribution >= 0.6 is 36.4 Å². The van der Waals surface area contributed by atoms with Gasteiger partial charge in [-0.25, -0.2) is 4.39 Å². The van der Waals surface area contributed by atoms with Gasteiger partial charge in [0.15, 0.2) is 0 Å². The van der Waals surface area contributed by atoms with Gasteiger partial charge in [-0.3, -0.25) is 4.90 Å². The van der Waals surface area contributed by atoms with Crippen LogP contribution in [0.15, 0.2) is 18.2 Å². The Bertz CT molecular complexity index is 480. The molecule has 0 aromatic heterocycles. The summed E-state index contributed by atoms with van der Waals surface area (Å²) in [6.45, 7) is 2.59. The molecule has 1 fully saturated rings. The summed E-state index contributed by atoms with van der Waals surface area (Å²) >= 11 is 5.71. The third-order valence-electron chi connectivity index (χ3n) is 3.62. The molecule has 2 nitrogen and oxygen atoms in total. The second kappa shape index (κ2) is 9.89. The van der Waals surface area contributed by atoms with Crippen LogP contribution in [0.5, 0.6) is 0 Å². The molecule has 1 aromatic carbocycles. The Labute approximate surface area is 150 Å². The molecular weight excluding hydrogens is 379 g/mol. The molecule has 0 aliphatic carbocycles. The van der Waals surface area contributed by atoms with Gasteiger partial charge in [-0.2, -0.15) is 13.2 Å². The highest BCUT2D eigenvalue weighted by atomic mass is 35.5. The minimum atomic E-state index is -4.24. The van der Waals surface area contributed by atoms with E-state index in [2.05, 4.69) is 5.32 Å². The number of halogens is 7. The van der Waals surface area contributed by atoms with Gasteiger partial charge in [0.2, 0.25) is 0 Å². The Morgan fingerprint density at radius 2 is 1.78 bits per heavy atom. The molecule has 1 aliphatic rings. The van der Waals surface area contributed by atoms with Crippen LogP contribution in [0.1, 0.15) is 24.4 Å². The van der Waals surface area contributed by atoms with E-state index in [1.54, 1.807) is 0 Å². The average Bonchev–Trinajstić information content (AvgIpc) is 2.41. The number of nitrogens with zero attached hydrogens (tertiary/aromatic N) is 1. The first kappa shape index (κ1) is 22.7. The first-order valence-electron chi connectivity index (χ1n) is 6.83. The van der Waals surface area contributed by atoms with Crippen molar-refractivity contribution in [3.05, 3.63) is 34.6 Å². The number of hydrogen-bond donors (Lipinski definition) is 1. The Morgan fingerprint density at radius 1 is 1.17 bits per heavy atom. The van der Waals surface area contributed by atoms with E-state index >= 15 is 0 Å². The topological polar surface area (TPSA) is 15.3 Å². The molecule has 2 rings (SSSR count). The van der Waals surface area contributed by atoms with Gasteiger partial charge < -0.3 is 5.32 Å². The zero-order valence-corrected chi connectivity index (χ0v) is 14.6. The van der Waals surface area contributed by atoms with Gasteiger partial charge in [-0.1, -0.05) is 17.7 Å². The van der Waals surface area contributed by atoms with Crippen molar-refractivity contribution in [2.24, 2.45) is 0 Å². The highest BCUT2D eigenvalue weighted by Gasteiger charge is 2.32. The standard InChI is InChI=1S/C14H17ClF4N2.2ClH/c15-10-1-2-11(12(16)9-10)13(3-4-14(17,18)19)21-7-5-20-6-8-21;;/h1-2,9,13,20H,3-8H2;2*1H/t13-;;/m0../s1. The molecule has 23 heavy (non-hydrogen) atoms. The lowest BCUT2D eigenvalue weighted by Crippen LogP contribution is -2.45. The zero-order chi connectivity index (χ0) is 15.5. The molecular formula is C14H19Cl3F4N2. The minimum absolute atomic E-state index is 0. The predicted octanol–water partition coefficient (Wildman–Crippen LogP) is 4.61. The molecule has 1 N–H and O–H groups in total. The van der Waals surface area contributed by atoms with Gasteiger partial charge in [0.25, 0.3) is 0 Å². The molecule has 134 valence electrons. The molecule has 1 aromatic rings. The quantitative estimate of drug-likeness (QED) is 0.746. The van der Waals surface area contributed by atoms with Crippen molar-refractivity contribution >= 4 is 36.4 Å². The zero-order valence-electron chi connectivity index (χ0n) is 12.2. The third kappa shape index (κ3) is 7.01. The fraction of sp³-hybridized carbons (Fsp3) is 0.571. The van der Waals surface area contributed by atoms with E-state index in [9.17, 15) is 17.6 Å². The van der Waals surface area contributed by atoms with Crippen LogP contribution < -0.4 is 5.32 Å². The van der Waals surface area contributed by atoms with E-state index in [1.807, 2.05) is 4.90 Å². The lowest BCUT2D eigenvalue weighted by molar-refractivity contribution is -0.138. The Kier molecular flexibility index (Phi) is 9.77. The Morgan fingerprint density at radius 3 is 2.30 bits per heavy atom. The lowest BCUT2D eigenvalue weighted by Gasteiger charge is -2.35. The van der Waals surface area contributed by atoms with Crippen LogP contribution in [-0.4, -0.2) is 37.3 Å². The second-order valence-corrected chi connectivity index (χ2v) is 5.56. The van der Waals surface area contributed by atoms with Crippen LogP contribution in [0.3, 0.4) is 0 Å². The van der Waals surface area contributed by atoms with E-state index in [-0.39, 0.29) is 41.8 Å². The number of nitrogens with one attached hydrogen (secondary N) is 1. The Hall–Kier alpha value is -0.270. The molecule has 9 heteroatoms. The van der Waals surface area contributed by atoms with Crippen molar-refractivity contribution in [1.82, 2.24) is 10.2 Å². The number of rotatable bonds is 4.